The molecule has 31 heavy (non-hydrogen) atoms. The van der Waals surface area contributed by atoms with E-state index in [-0.39, 0.29) is 11.7 Å². The molecule has 1 fully saturated rings. The van der Waals surface area contributed by atoms with Gasteiger partial charge in [0.25, 0.3) is 5.91 Å². The highest BCUT2D eigenvalue weighted by molar-refractivity contribution is 7.13. The predicted molar refractivity (Wildman–Crippen MR) is 122 cm³/mol. The number of hydrogen-bond acceptors (Lipinski definition) is 5. The van der Waals surface area contributed by atoms with Crippen LogP contribution in [0.15, 0.2) is 60.0 Å². The van der Waals surface area contributed by atoms with Gasteiger partial charge in [0.2, 0.25) is 0 Å². The number of rotatable bonds is 3. The first kappa shape index (κ1) is 19.9. The molecule has 156 valence electrons. The summed E-state index contributed by atoms with van der Waals surface area (Å²) in [5.41, 5.74) is 1.29. The zero-order valence-electron chi connectivity index (χ0n) is 16.5. The molecule has 1 aliphatic heterocycles. The molecule has 0 unspecified atom stereocenters. The molecule has 5 nitrogen and oxygen atoms in total. The Balaban J connectivity index is 1.42. The smallest absolute Gasteiger partial charge is 0.253 e. The van der Waals surface area contributed by atoms with Gasteiger partial charge in [-0.25, -0.2) is 14.4 Å². The molecule has 1 aliphatic rings. The maximum absolute atomic E-state index is 13.2. The van der Waals surface area contributed by atoms with Crippen molar-refractivity contribution in [3.05, 3.63) is 76.4 Å². The van der Waals surface area contributed by atoms with Crippen molar-refractivity contribution in [2.24, 2.45) is 0 Å². The maximum Gasteiger partial charge on any atom is 0.253 e. The molecular formula is C23H18ClFN4OS. The van der Waals surface area contributed by atoms with Crippen molar-refractivity contribution in [2.75, 3.05) is 31.1 Å². The van der Waals surface area contributed by atoms with E-state index in [0.29, 0.717) is 42.6 Å². The summed E-state index contributed by atoms with van der Waals surface area (Å²) in [4.78, 5) is 27.3. The lowest BCUT2D eigenvalue weighted by Crippen LogP contribution is -2.49. The van der Waals surface area contributed by atoms with E-state index in [2.05, 4.69) is 4.90 Å². The van der Waals surface area contributed by atoms with E-state index in [1.807, 2.05) is 35.7 Å². The summed E-state index contributed by atoms with van der Waals surface area (Å²) in [5.74, 6) is 1.08. The van der Waals surface area contributed by atoms with Crippen molar-refractivity contribution >= 4 is 45.6 Å². The lowest BCUT2D eigenvalue weighted by Gasteiger charge is -2.36. The number of fused-ring (bicyclic) bond motifs is 1. The highest BCUT2D eigenvalue weighted by Gasteiger charge is 2.25. The third-order valence-corrected chi connectivity index (χ3v) is 6.44. The van der Waals surface area contributed by atoms with Crippen LogP contribution in [-0.4, -0.2) is 47.0 Å². The fourth-order valence-electron chi connectivity index (χ4n) is 3.74. The van der Waals surface area contributed by atoms with Gasteiger partial charge in [0, 0.05) is 42.2 Å². The number of thiophene rings is 1. The monoisotopic (exact) mass is 452 g/mol. The van der Waals surface area contributed by atoms with Gasteiger partial charge in [0.15, 0.2) is 5.82 Å². The Morgan fingerprint density at radius 3 is 2.48 bits per heavy atom. The van der Waals surface area contributed by atoms with Crippen molar-refractivity contribution in [2.45, 2.75) is 0 Å². The summed E-state index contributed by atoms with van der Waals surface area (Å²) < 4.78 is 13.2. The normalized spacial score (nSPS) is 14.3. The van der Waals surface area contributed by atoms with Gasteiger partial charge in [-0.2, -0.15) is 0 Å². The first-order valence-corrected chi connectivity index (χ1v) is 11.2. The minimum absolute atomic E-state index is 0.0850. The second-order valence-corrected chi connectivity index (χ2v) is 8.68. The van der Waals surface area contributed by atoms with Crippen LogP contribution < -0.4 is 4.90 Å². The maximum atomic E-state index is 13.2. The second-order valence-electron chi connectivity index (χ2n) is 7.30. The van der Waals surface area contributed by atoms with Crippen LogP contribution in [0.5, 0.6) is 0 Å². The molecule has 0 N–H and O–H groups in total. The van der Waals surface area contributed by atoms with Gasteiger partial charge in [-0.1, -0.05) is 17.7 Å². The van der Waals surface area contributed by atoms with Crippen molar-refractivity contribution < 1.29 is 9.18 Å². The zero-order valence-corrected chi connectivity index (χ0v) is 18.0. The molecule has 4 aromatic rings. The number of amides is 1. The van der Waals surface area contributed by atoms with E-state index in [0.717, 1.165) is 21.6 Å². The standard InChI is InChI=1S/C23H18ClFN4OS/c24-16-5-8-18-19(14-16)26-21(20-2-1-13-31-20)27-22(18)28-9-11-29(12-10-28)23(30)15-3-6-17(25)7-4-15/h1-8,13-14H,9-12H2. The molecule has 0 radical (unpaired) electrons. The highest BCUT2D eigenvalue weighted by Crippen LogP contribution is 2.31. The van der Waals surface area contributed by atoms with E-state index >= 15 is 0 Å². The summed E-state index contributed by atoms with van der Waals surface area (Å²) in [6.45, 7) is 2.41. The van der Waals surface area contributed by atoms with Crippen LogP contribution in [0.3, 0.4) is 0 Å². The lowest BCUT2D eigenvalue weighted by atomic mass is 10.1. The van der Waals surface area contributed by atoms with E-state index in [1.165, 1.54) is 24.3 Å². The van der Waals surface area contributed by atoms with Crippen LogP contribution in [0.2, 0.25) is 5.02 Å². The van der Waals surface area contributed by atoms with Crippen molar-refractivity contribution in [1.82, 2.24) is 14.9 Å². The summed E-state index contributed by atoms with van der Waals surface area (Å²) in [6, 6.07) is 15.3. The van der Waals surface area contributed by atoms with Crippen LogP contribution in [0.25, 0.3) is 21.6 Å². The number of carbonyl (C=O) groups is 1. The Labute approximate surface area is 187 Å². The molecule has 5 rings (SSSR count). The predicted octanol–water partition coefficient (Wildman–Crippen LogP) is 5.11. The fraction of sp³-hybridized carbons (Fsp3) is 0.174. The molecule has 0 spiro atoms. The third-order valence-electron chi connectivity index (χ3n) is 5.34. The summed E-state index contributed by atoms with van der Waals surface area (Å²) in [5, 5.41) is 3.56. The van der Waals surface area contributed by atoms with Gasteiger partial charge in [-0.05, 0) is 53.9 Å². The molecule has 2 aromatic carbocycles. The molecule has 0 saturated carbocycles. The number of carbonyl (C=O) groups excluding carboxylic acids is 1. The number of hydrogen-bond donors (Lipinski definition) is 0. The van der Waals surface area contributed by atoms with Gasteiger partial charge < -0.3 is 9.80 Å². The highest BCUT2D eigenvalue weighted by atomic mass is 35.5. The molecule has 8 heteroatoms. The minimum Gasteiger partial charge on any atom is -0.352 e. The first-order valence-electron chi connectivity index (χ1n) is 9.89. The quantitative estimate of drug-likeness (QED) is 0.433. The number of piperazine rings is 1. The SMILES string of the molecule is O=C(c1ccc(F)cc1)N1CCN(c2nc(-c3cccs3)nc3cc(Cl)ccc23)CC1. The lowest BCUT2D eigenvalue weighted by molar-refractivity contribution is 0.0746. The summed E-state index contributed by atoms with van der Waals surface area (Å²) in [7, 11) is 0. The van der Waals surface area contributed by atoms with Crippen molar-refractivity contribution in [1.29, 1.82) is 0 Å². The van der Waals surface area contributed by atoms with E-state index < -0.39 is 0 Å². The van der Waals surface area contributed by atoms with Crippen LogP contribution >= 0.6 is 22.9 Å². The number of anilines is 1. The molecule has 0 atom stereocenters. The Bertz CT molecular complexity index is 1240. The number of aromatic nitrogens is 2. The average molecular weight is 453 g/mol. The van der Waals surface area contributed by atoms with E-state index in [1.54, 1.807) is 16.2 Å². The average Bonchev–Trinajstić information content (AvgIpc) is 3.33. The molecule has 2 aromatic heterocycles. The Morgan fingerprint density at radius 2 is 1.77 bits per heavy atom. The zero-order chi connectivity index (χ0) is 21.4. The Hall–Kier alpha value is -3.03. The minimum atomic E-state index is -0.348. The summed E-state index contributed by atoms with van der Waals surface area (Å²) in [6.07, 6.45) is 0. The molecule has 1 saturated heterocycles. The third kappa shape index (κ3) is 3.98. The summed E-state index contributed by atoms with van der Waals surface area (Å²) >= 11 is 7.81. The number of benzene rings is 2. The van der Waals surface area contributed by atoms with Gasteiger partial charge in [0.05, 0.1) is 10.4 Å². The fourth-order valence-corrected chi connectivity index (χ4v) is 4.56. The molecule has 0 aliphatic carbocycles. The van der Waals surface area contributed by atoms with Crippen LogP contribution in [-0.2, 0) is 0 Å². The molecule has 0 bridgehead atoms. The van der Waals surface area contributed by atoms with Crippen molar-refractivity contribution in [3.63, 3.8) is 0 Å². The number of halogens is 2. The van der Waals surface area contributed by atoms with Gasteiger partial charge in [0.1, 0.15) is 11.6 Å². The number of nitrogens with zero attached hydrogens (tertiary/aromatic N) is 4. The van der Waals surface area contributed by atoms with Gasteiger partial charge >= 0.3 is 0 Å². The Kier molecular flexibility index (Phi) is 5.29. The van der Waals surface area contributed by atoms with Gasteiger partial charge in [-0.3, -0.25) is 4.79 Å². The molecular weight excluding hydrogens is 435 g/mol. The van der Waals surface area contributed by atoms with Crippen LogP contribution in [0.4, 0.5) is 10.2 Å². The molecule has 1 amide bonds. The topological polar surface area (TPSA) is 49.3 Å². The second kappa shape index (κ2) is 8.24. The van der Waals surface area contributed by atoms with E-state index in [4.69, 9.17) is 21.6 Å². The molecule has 3 heterocycles. The largest absolute Gasteiger partial charge is 0.352 e. The van der Waals surface area contributed by atoms with Crippen LogP contribution in [0.1, 0.15) is 10.4 Å². The van der Waals surface area contributed by atoms with Gasteiger partial charge in [-0.15, -0.1) is 11.3 Å². The van der Waals surface area contributed by atoms with E-state index in [9.17, 15) is 9.18 Å². The van der Waals surface area contributed by atoms with Crippen molar-refractivity contribution in [3.8, 4) is 10.7 Å². The van der Waals surface area contributed by atoms with Crippen LogP contribution in [0, 0.1) is 5.82 Å². The Morgan fingerprint density at radius 1 is 1.00 bits per heavy atom. The first-order chi connectivity index (χ1) is 15.1.